The highest BCUT2D eigenvalue weighted by Gasteiger charge is 2.12. The third-order valence-corrected chi connectivity index (χ3v) is 3.56. The quantitative estimate of drug-likeness (QED) is 0.786. The minimum absolute atomic E-state index is 0.684. The first kappa shape index (κ1) is 14.5. The van der Waals surface area contributed by atoms with Crippen LogP contribution in [0.1, 0.15) is 16.8 Å². The Bertz CT molecular complexity index is 730. The van der Waals surface area contributed by atoms with Crippen LogP contribution in [-0.2, 0) is 13.1 Å². The average molecular weight is 292 g/mol. The maximum Gasteiger partial charge on any atom is 0.117 e. The molecule has 0 saturated carbocycles. The van der Waals surface area contributed by atoms with Crippen LogP contribution < -0.4 is 5.32 Å². The molecule has 0 aliphatic rings. The summed E-state index contributed by atoms with van der Waals surface area (Å²) in [5, 5.41) is 12.5. The lowest BCUT2D eigenvalue weighted by Gasteiger charge is -2.01. The average Bonchev–Trinajstić information content (AvgIpc) is 2.93. The Morgan fingerprint density at radius 1 is 0.955 bits per heavy atom. The highest BCUT2D eigenvalue weighted by atomic mass is 15.5. The van der Waals surface area contributed by atoms with Crippen molar-refractivity contribution in [1.29, 1.82) is 0 Å². The molecule has 3 rings (SSSR count). The lowest BCUT2D eigenvalue weighted by Crippen LogP contribution is -2.08. The van der Waals surface area contributed by atoms with E-state index < -0.39 is 0 Å². The summed E-state index contributed by atoms with van der Waals surface area (Å²) in [7, 11) is 1.92. The van der Waals surface area contributed by atoms with Gasteiger partial charge in [0.2, 0.25) is 0 Å². The molecule has 0 unspecified atom stereocenters. The Labute approximate surface area is 130 Å². The topological polar surface area (TPSA) is 42.7 Å². The van der Waals surface area contributed by atoms with Gasteiger partial charge in [-0.25, -0.2) is 0 Å². The molecule has 4 nitrogen and oxygen atoms in total. The number of hydrogen-bond acceptors (Lipinski definition) is 3. The van der Waals surface area contributed by atoms with Crippen LogP contribution in [-0.4, -0.2) is 22.0 Å². The first-order chi connectivity index (χ1) is 10.8. The molecule has 0 bridgehead atoms. The summed E-state index contributed by atoms with van der Waals surface area (Å²) >= 11 is 0. The molecule has 112 valence electrons. The zero-order chi connectivity index (χ0) is 15.4. The predicted octanol–water partition coefficient (Wildman–Crippen LogP) is 3.02. The van der Waals surface area contributed by atoms with Gasteiger partial charge in [0.1, 0.15) is 11.4 Å². The molecule has 2 aromatic carbocycles. The summed E-state index contributed by atoms with van der Waals surface area (Å²) < 4.78 is 0. The van der Waals surface area contributed by atoms with E-state index in [-0.39, 0.29) is 0 Å². The van der Waals surface area contributed by atoms with Crippen LogP contribution in [0, 0.1) is 6.92 Å². The standard InChI is InChI=1S/C18H20N4/c1-14-8-10-15(11-9-14)13-22-20-17(12-19-2)18(21-22)16-6-4-3-5-7-16/h3-11,19H,12-13H2,1-2H3. The van der Waals surface area contributed by atoms with Gasteiger partial charge in [0.15, 0.2) is 0 Å². The van der Waals surface area contributed by atoms with Crippen molar-refractivity contribution in [1.82, 2.24) is 20.3 Å². The van der Waals surface area contributed by atoms with Crippen LogP contribution in [0.4, 0.5) is 0 Å². The van der Waals surface area contributed by atoms with Crippen molar-refractivity contribution in [3.63, 3.8) is 0 Å². The molecule has 0 spiro atoms. The largest absolute Gasteiger partial charge is 0.314 e. The van der Waals surface area contributed by atoms with E-state index in [0.717, 1.165) is 17.0 Å². The second-order valence-corrected chi connectivity index (χ2v) is 5.41. The van der Waals surface area contributed by atoms with Gasteiger partial charge in [0.05, 0.1) is 6.54 Å². The molecule has 0 amide bonds. The predicted molar refractivity (Wildman–Crippen MR) is 88.5 cm³/mol. The molecule has 1 N–H and O–H groups in total. The minimum atomic E-state index is 0.684. The summed E-state index contributed by atoms with van der Waals surface area (Å²) in [6.07, 6.45) is 0. The summed E-state index contributed by atoms with van der Waals surface area (Å²) in [4.78, 5) is 1.78. The third-order valence-electron chi connectivity index (χ3n) is 3.56. The van der Waals surface area contributed by atoms with Gasteiger partial charge in [-0.2, -0.15) is 15.0 Å². The number of aryl methyl sites for hydroxylation is 1. The normalized spacial score (nSPS) is 10.8. The fourth-order valence-corrected chi connectivity index (χ4v) is 2.42. The van der Waals surface area contributed by atoms with Gasteiger partial charge < -0.3 is 5.32 Å². The second-order valence-electron chi connectivity index (χ2n) is 5.41. The molecule has 0 aliphatic heterocycles. The van der Waals surface area contributed by atoms with Crippen LogP contribution in [0.15, 0.2) is 54.6 Å². The van der Waals surface area contributed by atoms with Crippen LogP contribution in [0.25, 0.3) is 11.3 Å². The van der Waals surface area contributed by atoms with Crippen molar-refractivity contribution in [3.8, 4) is 11.3 Å². The van der Waals surface area contributed by atoms with Crippen molar-refractivity contribution in [3.05, 3.63) is 71.4 Å². The molecular formula is C18H20N4. The zero-order valence-electron chi connectivity index (χ0n) is 13.0. The van der Waals surface area contributed by atoms with Crippen LogP contribution in [0.5, 0.6) is 0 Å². The Kier molecular flexibility index (Phi) is 4.30. The van der Waals surface area contributed by atoms with E-state index in [1.807, 2.05) is 25.2 Å². The van der Waals surface area contributed by atoms with E-state index in [9.17, 15) is 0 Å². The van der Waals surface area contributed by atoms with E-state index in [1.54, 1.807) is 4.80 Å². The van der Waals surface area contributed by atoms with Crippen molar-refractivity contribution in [2.45, 2.75) is 20.0 Å². The molecule has 22 heavy (non-hydrogen) atoms. The van der Waals surface area contributed by atoms with Crippen molar-refractivity contribution in [2.75, 3.05) is 7.05 Å². The van der Waals surface area contributed by atoms with Crippen molar-refractivity contribution >= 4 is 0 Å². The Hall–Kier alpha value is -2.46. The van der Waals surface area contributed by atoms with Gasteiger partial charge >= 0.3 is 0 Å². The van der Waals surface area contributed by atoms with E-state index in [0.29, 0.717) is 13.1 Å². The first-order valence-electron chi connectivity index (χ1n) is 7.46. The van der Waals surface area contributed by atoms with E-state index in [4.69, 9.17) is 0 Å². The van der Waals surface area contributed by atoms with Gasteiger partial charge in [0.25, 0.3) is 0 Å². The summed E-state index contributed by atoms with van der Waals surface area (Å²) in [6, 6.07) is 18.7. The zero-order valence-corrected chi connectivity index (χ0v) is 13.0. The monoisotopic (exact) mass is 292 g/mol. The number of hydrogen-bond donors (Lipinski definition) is 1. The van der Waals surface area contributed by atoms with Crippen LogP contribution in [0.3, 0.4) is 0 Å². The highest BCUT2D eigenvalue weighted by Crippen LogP contribution is 2.20. The maximum absolute atomic E-state index is 4.68. The van der Waals surface area contributed by atoms with E-state index in [2.05, 4.69) is 58.8 Å². The van der Waals surface area contributed by atoms with Crippen LogP contribution in [0.2, 0.25) is 0 Å². The van der Waals surface area contributed by atoms with E-state index >= 15 is 0 Å². The molecule has 1 heterocycles. The fraction of sp³-hybridized carbons (Fsp3) is 0.222. The third kappa shape index (κ3) is 3.23. The fourth-order valence-electron chi connectivity index (χ4n) is 2.42. The summed E-state index contributed by atoms with van der Waals surface area (Å²) in [6.45, 7) is 3.48. The molecule has 0 fully saturated rings. The molecular weight excluding hydrogens is 272 g/mol. The molecule has 1 aromatic heterocycles. The van der Waals surface area contributed by atoms with E-state index in [1.165, 1.54) is 11.1 Å². The summed E-state index contributed by atoms with van der Waals surface area (Å²) in [5.74, 6) is 0. The van der Waals surface area contributed by atoms with Gasteiger partial charge in [-0.15, -0.1) is 0 Å². The van der Waals surface area contributed by atoms with Crippen molar-refractivity contribution in [2.24, 2.45) is 0 Å². The Morgan fingerprint density at radius 3 is 2.36 bits per heavy atom. The molecule has 0 atom stereocenters. The second kappa shape index (κ2) is 6.54. The van der Waals surface area contributed by atoms with Gasteiger partial charge in [-0.05, 0) is 19.5 Å². The molecule has 0 radical (unpaired) electrons. The number of nitrogens with zero attached hydrogens (tertiary/aromatic N) is 3. The molecule has 3 aromatic rings. The lowest BCUT2D eigenvalue weighted by molar-refractivity contribution is 0.582. The maximum atomic E-state index is 4.68. The SMILES string of the molecule is CNCc1nn(Cc2ccc(C)cc2)nc1-c1ccccc1. The smallest absolute Gasteiger partial charge is 0.117 e. The number of benzene rings is 2. The molecule has 4 heteroatoms. The van der Waals surface area contributed by atoms with Crippen LogP contribution >= 0.6 is 0 Å². The summed E-state index contributed by atoms with van der Waals surface area (Å²) in [5.41, 5.74) is 5.49. The Balaban J connectivity index is 1.91. The van der Waals surface area contributed by atoms with Gasteiger partial charge in [0, 0.05) is 12.1 Å². The molecule has 0 aliphatic carbocycles. The van der Waals surface area contributed by atoms with Crippen molar-refractivity contribution < 1.29 is 0 Å². The number of aromatic nitrogens is 3. The van der Waals surface area contributed by atoms with Gasteiger partial charge in [-0.3, -0.25) is 0 Å². The number of nitrogens with one attached hydrogen (secondary N) is 1. The lowest BCUT2D eigenvalue weighted by atomic mass is 10.1. The molecule has 0 saturated heterocycles. The minimum Gasteiger partial charge on any atom is -0.314 e. The number of rotatable bonds is 5. The first-order valence-corrected chi connectivity index (χ1v) is 7.46. The highest BCUT2D eigenvalue weighted by molar-refractivity contribution is 5.60. The van der Waals surface area contributed by atoms with Gasteiger partial charge in [-0.1, -0.05) is 60.2 Å². The Morgan fingerprint density at radius 2 is 1.68 bits per heavy atom.